The number of aliphatic hydroxyl groups excluding tert-OH is 1. The number of likely N-dealkylation sites (tertiary alicyclic amines) is 2. The van der Waals surface area contributed by atoms with E-state index >= 15 is 0 Å². The van der Waals surface area contributed by atoms with Gasteiger partial charge in [0.05, 0.1) is 26.1 Å². The largest absolute Gasteiger partial charge is 0.469 e. The highest BCUT2D eigenvalue weighted by molar-refractivity contribution is 5.86. The molecule has 1 N–H and O–H groups in total. The summed E-state index contributed by atoms with van der Waals surface area (Å²) in [6.07, 6.45) is 0.965. The third kappa shape index (κ3) is 5.89. The number of aliphatic hydroxyl groups is 1. The van der Waals surface area contributed by atoms with Crippen molar-refractivity contribution >= 4 is 17.8 Å². The molecule has 3 unspecified atom stereocenters. The number of hydrogen-bond donors (Lipinski definition) is 1. The van der Waals surface area contributed by atoms with Gasteiger partial charge in [0.2, 0.25) is 5.91 Å². The predicted octanol–water partition coefficient (Wildman–Crippen LogP) is -0.467. The smallest absolute Gasteiger partial charge is 0.310 e. The van der Waals surface area contributed by atoms with E-state index in [1.807, 2.05) is 4.90 Å². The van der Waals surface area contributed by atoms with Gasteiger partial charge in [-0.1, -0.05) is 6.92 Å². The van der Waals surface area contributed by atoms with E-state index in [0.717, 1.165) is 19.5 Å². The normalized spacial score (nSPS) is 25.5. The summed E-state index contributed by atoms with van der Waals surface area (Å²) < 4.78 is 9.52. The SMILES string of the molecule is CCCN(CCN1CC(C(=O)OC)CC1=O)CCN1CC(C(=O)OC)CC1O. The maximum absolute atomic E-state index is 12.1. The summed E-state index contributed by atoms with van der Waals surface area (Å²) in [5, 5.41) is 10.2. The van der Waals surface area contributed by atoms with Crippen molar-refractivity contribution in [3.63, 3.8) is 0 Å². The summed E-state index contributed by atoms with van der Waals surface area (Å²) in [7, 11) is 2.71. The van der Waals surface area contributed by atoms with E-state index in [0.29, 0.717) is 39.1 Å². The minimum atomic E-state index is -0.631. The van der Waals surface area contributed by atoms with Crippen molar-refractivity contribution in [1.82, 2.24) is 14.7 Å². The zero-order chi connectivity index (χ0) is 20.7. The quantitative estimate of drug-likeness (QED) is 0.493. The van der Waals surface area contributed by atoms with Gasteiger partial charge in [-0.3, -0.25) is 19.3 Å². The van der Waals surface area contributed by atoms with Crippen LogP contribution in [0, 0.1) is 11.8 Å². The Morgan fingerprint density at radius 1 is 1.07 bits per heavy atom. The summed E-state index contributed by atoms with van der Waals surface area (Å²) >= 11 is 0. The number of carbonyl (C=O) groups excluding carboxylic acids is 3. The van der Waals surface area contributed by atoms with Crippen molar-refractivity contribution in [2.75, 3.05) is 60.0 Å². The fourth-order valence-corrected chi connectivity index (χ4v) is 3.96. The van der Waals surface area contributed by atoms with Crippen LogP contribution >= 0.6 is 0 Å². The zero-order valence-corrected chi connectivity index (χ0v) is 17.1. The minimum Gasteiger partial charge on any atom is -0.469 e. The summed E-state index contributed by atoms with van der Waals surface area (Å²) in [6.45, 7) is 6.55. The van der Waals surface area contributed by atoms with Gasteiger partial charge in [0, 0.05) is 52.1 Å². The molecule has 0 bridgehead atoms. The number of rotatable bonds is 10. The number of ether oxygens (including phenoxy) is 2. The second kappa shape index (κ2) is 10.7. The number of methoxy groups -OCH3 is 2. The average Bonchev–Trinajstić information content (AvgIpc) is 3.25. The van der Waals surface area contributed by atoms with E-state index in [4.69, 9.17) is 9.47 Å². The third-order valence-corrected chi connectivity index (χ3v) is 5.58. The molecule has 2 saturated heterocycles. The van der Waals surface area contributed by atoms with E-state index in [9.17, 15) is 19.5 Å². The lowest BCUT2D eigenvalue weighted by molar-refractivity contribution is -0.145. The van der Waals surface area contributed by atoms with Gasteiger partial charge in [-0.25, -0.2) is 0 Å². The zero-order valence-electron chi connectivity index (χ0n) is 17.1. The molecule has 0 aromatic rings. The third-order valence-electron chi connectivity index (χ3n) is 5.58. The van der Waals surface area contributed by atoms with Crippen molar-refractivity contribution in [2.45, 2.75) is 32.4 Å². The molecule has 0 aromatic carbocycles. The van der Waals surface area contributed by atoms with Crippen molar-refractivity contribution in [3.8, 4) is 0 Å². The molecule has 9 nitrogen and oxygen atoms in total. The molecule has 9 heteroatoms. The summed E-state index contributed by atoms with van der Waals surface area (Å²) in [4.78, 5) is 41.3. The highest BCUT2D eigenvalue weighted by atomic mass is 16.5. The highest BCUT2D eigenvalue weighted by Gasteiger charge is 2.36. The Kier molecular flexibility index (Phi) is 8.65. The van der Waals surface area contributed by atoms with Gasteiger partial charge in [0.15, 0.2) is 0 Å². The molecule has 2 fully saturated rings. The predicted molar refractivity (Wildman–Crippen MR) is 101 cm³/mol. The lowest BCUT2D eigenvalue weighted by atomic mass is 10.1. The van der Waals surface area contributed by atoms with Crippen molar-refractivity contribution < 1.29 is 29.0 Å². The van der Waals surface area contributed by atoms with Crippen LogP contribution in [0.4, 0.5) is 0 Å². The number of carbonyl (C=O) groups is 3. The van der Waals surface area contributed by atoms with E-state index in [1.165, 1.54) is 14.2 Å². The molecule has 2 heterocycles. The number of amides is 1. The van der Waals surface area contributed by atoms with E-state index in [-0.39, 0.29) is 36.1 Å². The van der Waals surface area contributed by atoms with Gasteiger partial charge in [-0.2, -0.15) is 0 Å². The van der Waals surface area contributed by atoms with E-state index in [1.54, 1.807) is 4.90 Å². The molecule has 2 rings (SSSR count). The topological polar surface area (TPSA) is 99.6 Å². The summed E-state index contributed by atoms with van der Waals surface area (Å²) in [5.41, 5.74) is 0. The maximum atomic E-state index is 12.1. The molecule has 0 aromatic heterocycles. The van der Waals surface area contributed by atoms with Crippen LogP contribution in [-0.4, -0.2) is 104 Å². The van der Waals surface area contributed by atoms with Gasteiger partial charge >= 0.3 is 11.9 Å². The molecule has 160 valence electrons. The molecule has 2 aliphatic rings. The monoisotopic (exact) mass is 399 g/mol. The number of esters is 2. The second-order valence-electron chi connectivity index (χ2n) is 7.54. The molecular weight excluding hydrogens is 366 g/mol. The van der Waals surface area contributed by atoms with Crippen LogP contribution in [0.25, 0.3) is 0 Å². The Bertz CT molecular complexity index is 558. The molecule has 1 amide bonds. The molecular formula is C19H33N3O6. The van der Waals surface area contributed by atoms with E-state index in [2.05, 4.69) is 11.8 Å². The van der Waals surface area contributed by atoms with Crippen LogP contribution in [0.1, 0.15) is 26.2 Å². The molecule has 0 saturated carbocycles. The molecule has 3 atom stereocenters. The maximum Gasteiger partial charge on any atom is 0.310 e. The molecule has 2 aliphatic heterocycles. The van der Waals surface area contributed by atoms with Gasteiger partial charge in [0.1, 0.15) is 6.23 Å². The fraction of sp³-hybridized carbons (Fsp3) is 0.842. The van der Waals surface area contributed by atoms with Crippen LogP contribution in [0.15, 0.2) is 0 Å². The summed E-state index contributed by atoms with van der Waals surface area (Å²) in [5.74, 6) is -1.27. The van der Waals surface area contributed by atoms with E-state index < -0.39 is 6.23 Å². The standard InChI is InChI=1S/C19H33N3O6/c1-4-5-20(6-8-21-12-14(10-16(21)23)18(25)27-2)7-9-22-13-15(11-17(22)24)19(26)28-3/h14-16,23H,4-13H2,1-3H3. The fourth-order valence-electron chi connectivity index (χ4n) is 3.96. The molecule has 0 radical (unpaired) electrons. The van der Waals surface area contributed by atoms with Crippen LogP contribution < -0.4 is 0 Å². The molecule has 0 spiro atoms. The van der Waals surface area contributed by atoms with Crippen molar-refractivity contribution in [2.24, 2.45) is 11.8 Å². The van der Waals surface area contributed by atoms with Crippen LogP contribution in [0.2, 0.25) is 0 Å². The van der Waals surface area contributed by atoms with Crippen molar-refractivity contribution in [1.29, 1.82) is 0 Å². The van der Waals surface area contributed by atoms with Gasteiger partial charge < -0.3 is 24.4 Å². The second-order valence-corrected chi connectivity index (χ2v) is 7.54. The van der Waals surface area contributed by atoms with Crippen LogP contribution in [0.3, 0.4) is 0 Å². The van der Waals surface area contributed by atoms with Gasteiger partial charge in [-0.05, 0) is 13.0 Å². The van der Waals surface area contributed by atoms with Gasteiger partial charge in [0.25, 0.3) is 0 Å². The first-order chi connectivity index (χ1) is 13.4. The first kappa shape index (κ1) is 22.6. The number of hydrogen-bond acceptors (Lipinski definition) is 8. The average molecular weight is 399 g/mol. The van der Waals surface area contributed by atoms with Crippen molar-refractivity contribution in [3.05, 3.63) is 0 Å². The number of nitrogens with zero attached hydrogens (tertiary/aromatic N) is 3. The van der Waals surface area contributed by atoms with Crippen LogP contribution in [0.5, 0.6) is 0 Å². The Morgan fingerprint density at radius 3 is 2.36 bits per heavy atom. The van der Waals surface area contributed by atoms with Crippen LogP contribution in [-0.2, 0) is 23.9 Å². The Balaban J connectivity index is 1.79. The Morgan fingerprint density at radius 2 is 1.71 bits per heavy atom. The summed E-state index contributed by atoms with van der Waals surface area (Å²) in [6, 6.07) is 0. The highest BCUT2D eigenvalue weighted by Crippen LogP contribution is 2.22. The lowest BCUT2D eigenvalue weighted by Gasteiger charge is -2.28. The Labute approximate surface area is 166 Å². The molecule has 28 heavy (non-hydrogen) atoms. The lowest BCUT2D eigenvalue weighted by Crippen LogP contribution is -2.42. The first-order valence-electron chi connectivity index (χ1n) is 9.97. The molecule has 0 aliphatic carbocycles. The van der Waals surface area contributed by atoms with Gasteiger partial charge in [-0.15, -0.1) is 0 Å². The Hall–Kier alpha value is -1.71. The minimum absolute atomic E-state index is 0.0114. The first-order valence-corrected chi connectivity index (χ1v) is 9.97.